The molecule has 186 valence electrons. The van der Waals surface area contributed by atoms with Crippen LogP contribution in [0, 0.1) is 29.1 Å². The van der Waals surface area contributed by atoms with E-state index in [9.17, 15) is 39.7 Å². The second-order valence-corrected chi connectivity index (χ2v) is 10.0. The summed E-state index contributed by atoms with van der Waals surface area (Å²) in [6.45, 7) is 0. The molecule has 0 saturated heterocycles. The molecular weight excluding hydrogens is 513 g/mol. The van der Waals surface area contributed by atoms with E-state index < -0.39 is 53.8 Å². The number of rotatable bonds is 5. The van der Waals surface area contributed by atoms with Crippen molar-refractivity contribution in [2.75, 3.05) is 5.09 Å². The lowest BCUT2D eigenvalue weighted by molar-refractivity contribution is -0.137. The van der Waals surface area contributed by atoms with E-state index in [1.165, 1.54) is 60.7 Å². The molecular formula is C25H14F8NOP. The summed E-state index contributed by atoms with van der Waals surface area (Å²) in [5.74, 6) is -11.4. The summed E-state index contributed by atoms with van der Waals surface area (Å²) in [7, 11) is -4.48. The fourth-order valence-corrected chi connectivity index (χ4v) is 6.09. The largest absolute Gasteiger partial charge is 0.416 e. The van der Waals surface area contributed by atoms with Gasteiger partial charge < -0.3 is 5.09 Å². The lowest BCUT2D eigenvalue weighted by Gasteiger charge is -2.25. The molecule has 1 N–H and O–H groups in total. The summed E-state index contributed by atoms with van der Waals surface area (Å²) in [6.07, 6.45) is -4.69. The third-order valence-electron chi connectivity index (χ3n) is 5.34. The first kappa shape index (κ1) is 25.4. The van der Waals surface area contributed by atoms with Gasteiger partial charge in [-0.05, 0) is 41.5 Å². The zero-order chi connectivity index (χ0) is 26.3. The van der Waals surface area contributed by atoms with Crippen LogP contribution >= 0.6 is 7.29 Å². The maximum atomic E-state index is 14.5. The highest BCUT2D eigenvalue weighted by Crippen LogP contribution is 2.48. The van der Waals surface area contributed by atoms with Crippen molar-refractivity contribution in [2.24, 2.45) is 0 Å². The molecule has 0 spiro atoms. The van der Waals surface area contributed by atoms with Crippen molar-refractivity contribution in [1.29, 1.82) is 0 Å². The lowest BCUT2D eigenvalue weighted by Crippen LogP contribution is -2.25. The highest BCUT2D eigenvalue weighted by atomic mass is 31.2. The topological polar surface area (TPSA) is 29.1 Å². The van der Waals surface area contributed by atoms with Gasteiger partial charge in [-0.2, -0.15) is 13.2 Å². The van der Waals surface area contributed by atoms with E-state index in [0.717, 1.165) is 18.2 Å². The minimum Gasteiger partial charge on any atom is -0.324 e. The highest BCUT2D eigenvalue weighted by molar-refractivity contribution is 7.80. The molecule has 4 aromatic rings. The van der Waals surface area contributed by atoms with E-state index >= 15 is 0 Å². The quantitative estimate of drug-likeness (QED) is 0.127. The van der Waals surface area contributed by atoms with Crippen molar-refractivity contribution in [1.82, 2.24) is 0 Å². The predicted molar refractivity (Wildman–Crippen MR) is 120 cm³/mol. The molecule has 0 amide bonds. The van der Waals surface area contributed by atoms with Crippen molar-refractivity contribution >= 4 is 23.6 Å². The molecule has 4 rings (SSSR count). The van der Waals surface area contributed by atoms with Crippen LogP contribution in [0.4, 0.5) is 40.8 Å². The fourth-order valence-electron chi connectivity index (χ4n) is 3.62. The Hall–Kier alpha value is -3.65. The number of anilines is 1. The van der Waals surface area contributed by atoms with Gasteiger partial charge in [-0.1, -0.05) is 48.5 Å². The van der Waals surface area contributed by atoms with E-state index in [4.69, 9.17) is 0 Å². The SMILES string of the molecule is O=P(Nc1c(F)c(F)c(F)c(F)c1F)(c1ccccc1)c1ccccc1-c1cccc(C(F)(F)F)c1. The number of halogens is 8. The van der Waals surface area contributed by atoms with Gasteiger partial charge in [-0.15, -0.1) is 0 Å². The lowest BCUT2D eigenvalue weighted by atomic mass is 10.0. The Morgan fingerprint density at radius 1 is 0.639 bits per heavy atom. The maximum Gasteiger partial charge on any atom is 0.416 e. The van der Waals surface area contributed by atoms with Gasteiger partial charge in [-0.3, -0.25) is 4.57 Å². The smallest absolute Gasteiger partial charge is 0.324 e. The Bertz CT molecular complexity index is 1460. The molecule has 0 aromatic heterocycles. The Labute approximate surface area is 199 Å². The molecule has 0 fully saturated rings. The average Bonchev–Trinajstić information content (AvgIpc) is 2.89. The van der Waals surface area contributed by atoms with Gasteiger partial charge in [0.25, 0.3) is 0 Å². The van der Waals surface area contributed by atoms with E-state index in [1.807, 2.05) is 5.09 Å². The zero-order valence-electron chi connectivity index (χ0n) is 17.9. The molecule has 2 nitrogen and oxygen atoms in total. The summed E-state index contributed by atoms with van der Waals surface area (Å²) < 4.78 is 125. The van der Waals surface area contributed by atoms with Gasteiger partial charge in [0, 0.05) is 10.6 Å². The molecule has 1 atom stereocenters. The van der Waals surface area contributed by atoms with Crippen LogP contribution in [0.2, 0.25) is 0 Å². The van der Waals surface area contributed by atoms with E-state index in [2.05, 4.69) is 0 Å². The summed E-state index contributed by atoms with van der Waals surface area (Å²) in [6, 6.07) is 16.4. The zero-order valence-corrected chi connectivity index (χ0v) is 18.8. The van der Waals surface area contributed by atoms with Gasteiger partial charge in [0.15, 0.2) is 23.3 Å². The number of benzene rings is 4. The van der Waals surface area contributed by atoms with Crippen LogP contribution in [0.1, 0.15) is 5.56 Å². The molecule has 0 bridgehead atoms. The molecule has 0 radical (unpaired) electrons. The van der Waals surface area contributed by atoms with Crippen molar-refractivity contribution in [3.05, 3.63) is 114 Å². The number of hydrogen-bond donors (Lipinski definition) is 1. The Kier molecular flexibility index (Phi) is 6.66. The Balaban J connectivity index is 1.99. The van der Waals surface area contributed by atoms with Crippen molar-refractivity contribution < 1.29 is 39.7 Å². The predicted octanol–water partition coefficient (Wildman–Crippen LogP) is 7.41. The number of hydrogen-bond acceptors (Lipinski definition) is 1. The van der Waals surface area contributed by atoms with E-state index in [1.54, 1.807) is 0 Å². The van der Waals surface area contributed by atoms with Gasteiger partial charge in [0.2, 0.25) is 13.1 Å². The first-order valence-corrected chi connectivity index (χ1v) is 11.9. The third kappa shape index (κ3) is 4.48. The van der Waals surface area contributed by atoms with Crippen LogP contribution in [-0.2, 0) is 10.7 Å². The van der Waals surface area contributed by atoms with Crippen molar-refractivity contribution in [2.45, 2.75) is 6.18 Å². The van der Waals surface area contributed by atoms with Crippen LogP contribution in [0.5, 0.6) is 0 Å². The molecule has 4 aromatic carbocycles. The average molecular weight is 527 g/mol. The van der Waals surface area contributed by atoms with Crippen LogP contribution < -0.4 is 15.7 Å². The third-order valence-corrected chi connectivity index (χ3v) is 7.98. The summed E-state index contributed by atoms with van der Waals surface area (Å²) in [5, 5.41) is 1.73. The summed E-state index contributed by atoms with van der Waals surface area (Å²) in [5.41, 5.74) is -2.57. The Morgan fingerprint density at radius 3 is 1.81 bits per heavy atom. The highest BCUT2D eigenvalue weighted by Gasteiger charge is 2.36. The molecule has 0 heterocycles. The van der Waals surface area contributed by atoms with Crippen molar-refractivity contribution in [3.63, 3.8) is 0 Å². The van der Waals surface area contributed by atoms with E-state index in [-0.39, 0.29) is 21.7 Å². The first-order chi connectivity index (χ1) is 16.9. The fraction of sp³-hybridized carbons (Fsp3) is 0.0400. The summed E-state index contributed by atoms with van der Waals surface area (Å²) >= 11 is 0. The van der Waals surface area contributed by atoms with Crippen LogP contribution in [0.3, 0.4) is 0 Å². The van der Waals surface area contributed by atoms with Gasteiger partial charge in [0.1, 0.15) is 5.69 Å². The number of nitrogens with one attached hydrogen (secondary N) is 1. The Morgan fingerprint density at radius 2 is 1.19 bits per heavy atom. The molecule has 36 heavy (non-hydrogen) atoms. The summed E-state index contributed by atoms with van der Waals surface area (Å²) in [4.78, 5) is 0. The molecule has 0 saturated carbocycles. The molecule has 0 aliphatic rings. The van der Waals surface area contributed by atoms with E-state index in [0.29, 0.717) is 0 Å². The number of alkyl halides is 3. The van der Waals surface area contributed by atoms with Gasteiger partial charge in [-0.25, -0.2) is 22.0 Å². The van der Waals surface area contributed by atoms with Gasteiger partial charge in [0.05, 0.1) is 5.56 Å². The van der Waals surface area contributed by atoms with Crippen molar-refractivity contribution in [3.8, 4) is 11.1 Å². The molecule has 0 aliphatic carbocycles. The van der Waals surface area contributed by atoms with Crippen LogP contribution in [0.15, 0.2) is 78.9 Å². The van der Waals surface area contributed by atoms with Gasteiger partial charge >= 0.3 is 6.18 Å². The van der Waals surface area contributed by atoms with Crippen LogP contribution in [0.25, 0.3) is 11.1 Å². The molecule has 11 heteroatoms. The second-order valence-electron chi connectivity index (χ2n) is 7.60. The first-order valence-electron chi connectivity index (χ1n) is 10.2. The minimum atomic E-state index is -4.69. The normalized spacial score (nSPS) is 13.3. The molecule has 1 unspecified atom stereocenters. The standard InChI is InChI=1S/C25H14F8NOP/c26-19-20(27)22(29)24(23(30)21(19)28)34-36(35,16-9-2-1-3-10-16)18-12-5-4-11-17(18)14-7-6-8-15(13-14)25(31,32)33/h1-13H,(H,34,35). The monoisotopic (exact) mass is 527 g/mol. The second kappa shape index (κ2) is 9.43. The molecule has 0 aliphatic heterocycles. The minimum absolute atomic E-state index is 0.00726. The van der Waals surface area contributed by atoms with Crippen LogP contribution in [-0.4, -0.2) is 0 Å². The maximum absolute atomic E-state index is 14.5.